The Morgan fingerprint density at radius 2 is 2.31 bits per heavy atom. The Bertz CT molecular complexity index is 360. The third-order valence-corrected chi connectivity index (χ3v) is 2.24. The number of imidazole rings is 1. The quantitative estimate of drug-likeness (QED) is 0.671. The first kappa shape index (κ1) is 12.4. The van der Waals surface area contributed by atoms with Gasteiger partial charge in [0.1, 0.15) is 11.6 Å². The van der Waals surface area contributed by atoms with E-state index in [9.17, 15) is 4.79 Å². The van der Waals surface area contributed by atoms with Crippen molar-refractivity contribution in [1.29, 1.82) is 0 Å². The largest absolute Gasteiger partial charge is 0.382 e. The minimum absolute atomic E-state index is 0.0477. The van der Waals surface area contributed by atoms with Gasteiger partial charge >= 0.3 is 0 Å². The first-order valence-corrected chi connectivity index (χ1v) is 5.36. The molecule has 1 rings (SSSR count). The van der Waals surface area contributed by atoms with Crippen LogP contribution >= 0.6 is 0 Å². The zero-order valence-electron chi connectivity index (χ0n) is 10.0. The molecule has 0 spiro atoms. The van der Waals surface area contributed by atoms with Gasteiger partial charge in [-0.2, -0.15) is 0 Å². The van der Waals surface area contributed by atoms with E-state index in [4.69, 9.17) is 5.73 Å². The summed E-state index contributed by atoms with van der Waals surface area (Å²) in [6.45, 7) is 4.91. The SMILES string of the molecule is CCCN(CC(=O)NC)c1nc(C)[nH]c1N. The van der Waals surface area contributed by atoms with E-state index in [0.29, 0.717) is 11.6 Å². The lowest BCUT2D eigenvalue weighted by Gasteiger charge is -2.21. The molecule has 0 atom stereocenters. The van der Waals surface area contributed by atoms with Crippen molar-refractivity contribution in [2.75, 3.05) is 30.8 Å². The molecule has 1 aromatic heterocycles. The van der Waals surface area contributed by atoms with Gasteiger partial charge in [0.25, 0.3) is 0 Å². The monoisotopic (exact) mass is 225 g/mol. The van der Waals surface area contributed by atoms with Gasteiger partial charge in [0, 0.05) is 13.6 Å². The number of nitrogen functional groups attached to an aromatic ring is 1. The Morgan fingerprint density at radius 3 is 2.75 bits per heavy atom. The lowest BCUT2D eigenvalue weighted by atomic mass is 10.4. The minimum Gasteiger partial charge on any atom is -0.382 e. The average Bonchev–Trinajstić information content (AvgIpc) is 2.57. The van der Waals surface area contributed by atoms with E-state index in [-0.39, 0.29) is 12.5 Å². The van der Waals surface area contributed by atoms with E-state index in [2.05, 4.69) is 15.3 Å². The molecule has 0 bridgehead atoms. The number of aromatic nitrogens is 2. The highest BCUT2D eigenvalue weighted by Gasteiger charge is 2.15. The summed E-state index contributed by atoms with van der Waals surface area (Å²) < 4.78 is 0. The average molecular weight is 225 g/mol. The summed E-state index contributed by atoms with van der Waals surface area (Å²) in [6.07, 6.45) is 0.933. The van der Waals surface area contributed by atoms with Crippen LogP contribution in [0.2, 0.25) is 0 Å². The molecular formula is C10H19N5O. The molecule has 0 saturated carbocycles. The fraction of sp³-hybridized carbons (Fsp3) is 0.600. The lowest BCUT2D eigenvalue weighted by Crippen LogP contribution is -2.36. The van der Waals surface area contributed by atoms with Gasteiger partial charge in [0.15, 0.2) is 5.82 Å². The predicted octanol–water partition coefficient (Wildman–Crippen LogP) is 0.263. The molecule has 6 nitrogen and oxygen atoms in total. The molecule has 0 aliphatic rings. The van der Waals surface area contributed by atoms with E-state index >= 15 is 0 Å². The van der Waals surface area contributed by atoms with Gasteiger partial charge in [0.05, 0.1) is 6.54 Å². The van der Waals surface area contributed by atoms with E-state index in [0.717, 1.165) is 18.8 Å². The van der Waals surface area contributed by atoms with Crippen molar-refractivity contribution in [2.24, 2.45) is 0 Å². The molecule has 0 unspecified atom stereocenters. The topological polar surface area (TPSA) is 87.0 Å². The Morgan fingerprint density at radius 1 is 1.62 bits per heavy atom. The van der Waals surface area contributed by atoms with Gasteiger partial charge in [0.2, 0.25) is 5.91 Å². The maximum absolute atomic E-state index is 11.4. The van der Waals surface area contributed by atoms with Crippen LogP contribution in [0.4, 0.5) is 11.6 Å². The van der Waals surface area contributed by atoms with Gasteiger partial charge < -0.3 is 20.9 Å². The first-order valence-electron chi connectivity index (χ1n) is 5.36. The van der Waals surface area contributed by atoms with Crippen molar-refractivity contribution in [3.8, 4) is 0 Å². The number of likely N-dealkylation sites (N-methyl/N-ethyl adjacent to an activating group) is 1. The molecule has 4 N–H and O–H groups in total. The van der Waals surface area contributed by atoms with Crippen molar-refractivity contribution >= 4 is 17.5 Å². The van der Waals surface area contributed by atoms with E-state index < -0.39 is 0 Å². The first-order chi connectivity index (χ1) is 7.58. The molecule has 0 radical (unpaired) electrons. The third-order valence-electron chi connectivity index (χ3n) is 2.24. The predicted molar refractivity (Wildman–Crippen MR) is 64.3 cm³/mol. The number of anilines is 2. The van der Waals surface area contributed by atoms with Gasteiger partial charge in [-0.15, -0.1) is 0 Å². The fourth-order valence-electron chi connectivity index (χ4n) is 1.52. The molecule has 16 heavy (non-hydrogen) atoms. The zero-order chi connectivity index (χ0) is 12.1. The number of amides is 1. The maximum atomic E-state index is 11.4. The smallest absolute Gasteiger partial charge is 0.239 e. The molecule has 1 amide bonds. The normalized spacial score (nSPS) is 10.2. The molecule has 0 fully saturated rings. The summed E-state index contributed by atoms with van der Waals surface area (Å²) in [4.78, 5) is 20.4. The van der Waals surface area contributed by atoms with Crippen LogP contribution in [0.25, 0.3) is 0 Å². The standard InChI is InChI=1S/C10H19N5O/c1-4-5-15(6-8(16)12-3)10-9(11)13-7(2)14-10/h4-6,11H2,1-3H3,(H,12,16)(H,13,14). The van der Waals surface area contributed by atoms with E-state index in [1.165, 1.54) is 0 Å². The molecule has 0 aromatic carbocycles. The zero-order valence-corrected chi connectivity index (χ0v) is 10.0. The lowest BCUT2D eigenvalue weighted by molar-refractivity contribution is -0.119. The van der Waals surface area contributed by atoms with Crippen LogP contribution in [0.5, 0.6) is 0 Å². The number of nitrogens with two attached hydrogens (primary N) is 1. The number of aryl methyl sites for hydroxylation is 1. The molecular weight excluding hydrogens is 206 g/mol. The number of rotatable bonds is 5. The van der Waals surface area contributed by atoms with Gasteiger partial charge in [-0.3, -0.25) is 4.79 Å². The van der Waals surface area contributed by atoms with Crippen molar-refractivity contribution in [1.82, 2.24) is 15.3 Å². The van der Waals surface area contributed by atoms with Crippen molar-refractivity contribution in [3.63, 3.8) is 0 Å². The molecule has 1 heterocycles. The van der Waals surface area contributed by atoms with Crippen LogP contribution in [-0.4, -0.2) is 36.0 Å². The number of aromatic amines is 1. The van der Waals surface area contributed by atoms with Crippen LogP contribution in [-0.2, 0) is 4.79 Å². The summed E-state index contributed by atoms with van der Waals surface area (Å²) in [6, 6.07) is 0. The Balaban J connectivity index is 2.84. The number of hydrogen-bond donors (Lipinski definition) is 3. The second-order valence-electron chi connectivity index (χ2n) is 3.65. The van der Waals surface area contributed by atoms with Crippen molar-refractivity contribution in [3.05, 3.63) is 5.82 Å². The van der Waals surface area contributed by atoms with E-state index in [1.54, 1.807) is 7.05 Å². The van der Waals surface area contributed by atoms with Gasteiger partial charge in [-0.25, -0.2) is 4.98 Å². The Kier molecular flexibility index (Phi) is 4.16. The second-order valence-corrected chi connectivity index (χ2v) is 3.65. The molecule has 6 heteroatoms. The number of H-pyrrole nitrogens is 1. The van der Waals surface area contributed by atoms with Crippen LogP contribution in [0.3, 0.4) is 0 Å². The fourth-order valence-corrected chi connectivity index (χ4v) is 1.52. The number of nitrogens with one attached hydrogen (secondary N) is 2. The molecule has 0 saturated heterocycles. The van der Waals surface area contributed by atoms with Crippen molar-refractivity contribution < 1.29 is 4.79 Å². The van der Waals surface area contributed by atoms with Crippen LogP contribution in [0.1, 0.15) is 19.2 Å². The van der Waals surface area contributed by atoms with Crippen LogP contribution in [0.15, 0.2) is 0 Å². The number of nitrogens with zero attached hydrogens (tertiary/aromatic N) is 2. The van der Waals surface area contributed by atoms with Crippen LogP contribution in [0, 0.1) is 6.92 Å². The van der Waals surface area contributed by atoms with Crippen LogP contribution < -0.4 is 16.0 Å². The van der Waals surface area contributed by atoms with Crippen molar-refractivity contribution in [2.45, 2.75) is 20.3 Å². The maximum Gasteiger partial charge on any atom is 0.239 e. The number of carbonyl (C=O) groups excluding carboxylic acids is 1. The minimum atomic E-state index is -0.0477. The third kappa shape index (κ3) is 2.88. The number of hydrogen-bond acceptors (Lipinski definition) is 4. The van der Waals surface area contributed by atoms with Gasteiger partial charge in [-0.1, -0.05) is 6.92 Å². The summed E-state index contributed by atoms with van der Waals surface area (Å²) in [5.74, 6) is 1.87. The Hall–Kier alpha value is -1.72. The molecule has 1 aromatic rings. The second kappa shape index (κ2) is 5.39. The Labute approximate surface area is 95.2 Å². The molecule has 0 aliphatic carbocycles. The highest BCUT2D eigenvalue weighted by atomic mass is 16.1. The van der Waals surface area contributed by atoms with Gasteiger partial charge in [-0.05, 0) is 13.3 Å². The highest BCUT2D eigenvalue weighted by Crippen LogP contribution is 2.19. The summed E-state index contributed by atoms with van der Waals surface area (Å²) in [7, 11) is 1.62. The summed E-state index contributed by atoms with van der Waals surface area (Å²) in [5.41, 5.74) is 5.80. The molecule has 90 valence electrons. The summed E-state index contributed by atoms with van der Waals surface area (Å²) in [5, 5.41) is 2.59. The number of carbonyl (C=O) groups is 1. The highest BCUT2D eigenvalue weighted by molar-refractivity contribution is 5.81. The summed E-state index contributed by atoms with van der Waals surface area (Å²) >= 11 is 0. The van der Waals surface area contributed by atoms with E-state index in [1.807, 2.05) is 18.7 Å². The molecule has 0 aliphatic heterocycles.